The summed E-state index contributed by atoms with van der Waals surface area (Å²) in [5.41, 5.74) is 0.502. The third-order valence-corrected chi connectivity index (χ3v) is 3.06. The molecular weight excluding hydrogens is 258 g/mol. The van der Waals surface area contributed by atoms with E-state index in [4.69, 9.17) is 0 Å². The van der Waals surface area contributed by atoms with Gasteiger partial charge in [-0.15, -0.1) is 0 Å². The Morgan fingerprint density at radius 3 is 2.80 bits per heavy atom. The largest absolute Gasteiger partial charge is 0.550 e. The summed E-state index contributed by atoms with van der Waals surface area (Å²) in [5, 5.41) is 13.2. The summed E-state index contributed by atoms with van der Waals surface area (Å²) >= 11 is 0. The van der Waals surface area contributed by atoms with Crippen LogP contribution < -0.4 is 15.0 Å². The molecule has 0 aliphatic carbocycles. The lowest BCUT2D eigenvalue weighted by atomic mass is 10.3. The summed E-state index contributed by atoms with van der Waals surface area (Å²) in [4.78, 5) is 21.7. The Morgan fingerprint density at radius 1 is 1.50 bits per heavy atom. The van der Waals surface area contributed by atoms with Crippen molar-refractivity contribution in [2.24, 2.45) is 0 Å². The van der Waals surface area contributed by atoms with Crippen molar-refractivity contribution in [2.75, 3.05) is 6.54 Å². The highest BCUT2D eigenvalue weighted by atomic mass is 16.4. The topological polar surface area (TPSA) is 78.0 Å². The van der Waals surface area contributed by atoms with Crippen LogP contribution in [0.2, 0.25) is 0 Å². The number of rotatable bonds is 8. The zero-order chi connectivity index (χ0) is 15.1. The molecule has 0 bridgehead atoms. The molecule has 1 aromatic rings. The van der Waals surface area contributed by atoms with Crippen molar-refractivity contribution in [3.63, 3.8) is 0 Å². The molecule has 6 heteroatoms. The maximum absolute atomic E-state index is 11.3. The fourth-order valence-corrected chi connectivity index (χ4v) is 1.83. The van der Waals surface area contributed by atoms with Crippen molar-refractivity contribution >= 4 is 11.9 Å². The molecular formula is C14H21N3O3. The van der Waals surface area contributed by atoms with Gasteiger partial charge in [-0.05, 0) is 6.92 Å². The molecule has 0 radical (unpaired) electrons. The van der Waals surface area contributed by atoms with Crippen LogP contribution in [0.3, 0.4) is 0 Å². The Labute approximate surface area is 118 Å². The van der Waals surface area contributed by atoms with E-state index >= 15 is 0 Å². The van der Waals surface area contributed by atoms with Gasteiger partial charge in [-0.3, -0.25) is 4.79 Å². The predicted molar refractivity (Wildman–Crippen MR) is 71.4 cm³/mol. The van der Waals surface area contributed by atoms with Gasteiger partial charge in [-0.25, -0.2) is 9.13 Å². The van der Waals surface area contributed by atoms with E-state index < -0.39 is 5.97 Å². The van der Waals surface area contributed by atoms with Crippen molar-refractivity contribution in [3.05, 3.63) is 30.4 Å². The van der Waals surface area contributed by atoms with E-state index in [1.807, 2.05) is 28.5 Å². The van der Waals surface area contributed by atoms with Gasteiger partial charge < -0.3 is 15.2 Å². The highest BCUT2D eigenvalue weighted by molar-refractivity contribution is 5.91. The highest BCUT2D eigenvalue weighted by Gasteiger charge is 2.11. The SMILES string of the molecule is C=C(C)C(=O)NCCC[n+]1ccn(CCC(=O)[O-])c1C. The van der Waals surface area contributed by atoms with Gasteiger partial charge in [0.2, 0.25) is 5.91 Å². The van der Waals surface area contributed by atoms with Crippen LogP contribution in [0, 0.1) is 6.92 Å². The summed E-state index contributed by atoms with van der Waals surface area (Å²) in [5.74, 6) is -0.192. The summed E-state index contributed by atoms with van der Waals surface area (Å²) in [7, 11) is 0. The third-order valence-electron chi connectivity index (χ3n) is 3.06. The number of hydrogen-bond donors (Lipinski definition) is 1. The van der Waals surface area contributed by atoms with Gasteiger partial charge in [0.15, 0.2) is 0 Å². The number of nitrogens with one attached hydrogen (secondary N) is 1. The van der Waals surface area contributed by atoms with Gasteiger partial charge in [0.1, 0.15) is 12.4 Å². The predicted octanol–water partition coefficient (Wildman–Crippen LogP) is -0.694. The van der Waals surface area contributed by atoms with Gasteiger partial charge in [0.05, 0.1) is 13.1 Å². The second-order valence-corrected chi connectivity index (χ2v) is 4.74. The Balaban J connectivity index is 2.39. The third kappa shape index (κ3) is 4.87. The number of aliphatic carboxylic acids is 1. The molecule has 1 amide bonds. The van der Waals surface area contributed by atoms with E-state index in [0.717, 1.165) is 18.8 Å². The molecule has 110 valence electrons. The molecule has 0 saturated heterocycles. The molecule has 0 fully saturated rings. The second-order valence-electron chi connectivity index (χ2n) is 4.74. The zero-order valence-electron chi connectivity index (χ0n) is 12.0. The Morgan fingerprint density at radius 2 is 2.20 bits per heavy atom. The van der Waals surface area contributed by atoms with Crippen LogP contribution in [0.4, 0.5) is 0 Å². The fraction of sp³-hybridized carbons (Fsp3) is 0.500. The second kappa shape index (κ2) is 7.47. The first-order valence-electron chi connectivity index (χ1n) is 6.60. The lowest BCUT2D eigenvalue weighted by Gasteiger charge is -2.04. The molecule has 20 heavy (non-hydrogen) atoms. The van der Waals surface area contributed by atoms with Gasteiger partial charge in [0.25, 0.3) is 5.82 Å². The average Bonchev–Trinajstić information content (AvgIpc) is 2.73. The van der Waals surface area contributed by atoms with E-state index in [-0.39, 0.29) is 12.3 Å². The summed E-state index contributed by atoms with van der Waals surface area (Å²) in [6, 6.07) is 0. The summed E-state index contributed by atoms with van der Waals surface area (Å²) in [6.45, 7) is 8.94. The molecule has 0 unspecified atom stereocenters. The Bertz CT molecular complexity index is 506. The number of aromatic nitrogens is 2. The van der Waals surface area contributed by atoms with Crippen molar-refractivity contribution in [2.45, 2.75) is 39.8 Å². The standard InChI is InChI=1S/C14H21N3O3/c1-11(2)14(20)15-6-4-7-16-9-10-17(12(16)3)8-5-13(18)19/h9-10H,1,4-8H2,2-3H3,(H-,15,18,19,20). The van der Waals surface area contributed by atoms with E-state index in [2.05, 4.69) is 11.9 Å². The molecule has 0 aliphatic rings. The van der Waals surface area contributed by atoms with Crippen LogP contribution >= 0.6 is 0 Å². The first kappa shape index (κ1) is 15.9. The number of amides is 1. The molecule has 0 spiro atoms. The molecule has 0 aromatic carbocycles. The Hall–Kier alpha value is -2.11. The quantitative estimate of drug-likeness (QED) is 0.388. The number of hydrogen-bond acceptors (Lipinski definition) is 3. The van der Waals surface area contributed by atoms with E-state index in [9.17, 15) is 14.7 Å². The molecule has 6 nitrogen and oxygen atoms in total. The van der Waals surface area contributed by atoms with Gasteiger partial charge in [-0.2, -0.15) is 0 Å². The number of imidazole rings is 1. The zero-order valence-corrected chi connectivity index (χ0v) is 12.0. The number of nitrogens with zero attached hydrogens (tertiary/aromatic N) is 2. The normalized spacial score (nSPS) is 10.3. The van der Waals surface area contributed by atoms with Gasteiger partial charge in [0, 0.05) is 37.9 Å². The maximum atomic E-state index is 11.3. The minimum absolute atomic E-state index is 0.00416. The number of carboxylic acids is 1. The monoisotopic (exact) mass is 279 g/mol. The minimum atomic E-state index is -1.05. The lowest BCUT2D eigenvalue weighted by molar-refractivity contribution is -0.702. The molecule has 1 N–H and O–H groups in total. The minimum Gasteiger partial charge on any atom is -0.550 e. The smallest absolute Gasteiger partial charge is 0.253 e. The number of carbonyl (C=O) groups excluding carboxylic acids is 2. The molecule has 0 atom stereocenters. The van der Waals surface area contributed by atoms with E-state index in [1.54, 1.807) is 6.92 Å². The van der Waals surface area contributed by atoms with Crippen LogP contribution in [0.1, 0.15) is 25.6 Å². The van der Waals surface area contributed by atoms with E-state index in [1.165, 1.54) is 0 Å². The van der Waals surface area contributed by atoms with Crippen molar-refractivity contribution < 1.29 is 19.3 Å². The first-order valence-corrected chi connectivity index (χ1v) is 6.60. The molecule has 0 saturated carbocycles. The van der Waals surface area contributed by atoms with Crippen molar-refractivity contribution in [1.82, 2.24) is 9.88 Å². The van der Waals surface area contributed by atoms with Crippen molar-refractivity contribution in [3.8, 4) is 0 Å². The van der Waals surface area contributed by atoms with E-state index in [0.29, 0.717) is 18.7 Å². The summed E-state index contributed by atoms with van der Waals surface area (Å²) in [6.07, 6.45) is 4.56. The van der Waals surface area contributed by atoms with Crippen LogP contribution in [-0.2, 0) is 22.7 Å². The molecule has 1 heterocycles. The average molecular weight is 279 g/mol. The molecule has 0 aliphatic heterocycles. The van der Waals surface area contributed by atoms with Crippen LogP contribution in [0.25, 0.3) is 0 Å². The Kier molecular flexibility index (Phi) is 5.96. The molecule has 1 rings (SSSR count). The van der Waals surface area contributed by atoms with Gasteiger partial charge >= 0.3 is 0 Å². The van der Waals surface area contributed by atoms with Crippen LogP contribution in [0.5, 0.6) is 0 Å². The van der Waals surface area contributed by atoms with Crippen molar-refractivity contribution in [1.29, 1.82) is 0 Å². The van der Waals surface area contributed by atoms with Crippen LogP contribution in [-0.4, -0.2) is 23.0 Å². The first-order chi connectivity index (χ1) is 9.41. The number of carboxylic acid groups (broad SMARTS) is 1. The number of carbonyl (C=O) groups is 2. The van der Waals surface area contributed by atoms with Crippen LogP contribution in [0.15, 0.2) is 24.5 Å². The lowest BCUT2D eigenvalue weighted by Crippen LogP contribution is -2.38. The number of aryl methyl sites for hydroxylation is 2. The maximum Gasteiger partial charge on any atom is 0.253 e. The fourth-order valence-electron chi connectivity index (χ4n) is 1.83. The molecule has 1 aromatic heterocycles. The summed E-state index contributed by atoms with van der Waals surface area (Å²) < 4.78 is 3.91. The highest BCUT2D eigenvalue weighted by Crippen LogP contribution is 1.96. The van der Waals surface area contributed by atoms with Gasteiger partial charge in [-0.1, -0.05) is 6.58 Å².